The fourth-order valence-electron chi connectivity index (χ4n) is 3.03. The average Bonchev–Trinajstić information content (AvgIpc) is 3.16. The Morgan fingerprint density at radius 2 is 2.00 bits per heavy atom. The molecule has 3 rings (SSSR count). The molecule has 0 amide bonds. The Hall–Kier alpha value is -2.72. The third-order valence-electron chi connectivity index (χ3n) is 4.19. The number of hydrogen-bond donors (Lipinski definition) is 1. The monoisotopic (exact) mass is 447 g/mol. The van der Waals surface area contributed by atoms with E-state index in [-0.39, 0.29) is 10.6 Å². The highest BCUT2D eigenvalue weighted by Gasteiger charge is 2.32. The Labute approximate surface area is 171 Å². The minimum atomic E-state index is -4.88. The van der Waals surface area contributed by atoms with E-state index in [1.165, 1.54) is 29.2 Å². The van der Waals surface area contributed by atoms with Gasteiger partial charge < -0.3 is 14.6 Å². The zero-order valence-electron chi connectivity index (χ0n) is 15.0. The number of alkyl halides is 3. The van der Waals surface area contributed by atoms with Gasteiger partial charge in [-0.15, -0.1) is 24.5 Å². The van der Waals surface area contributed by atoms with E-state index in [0.717, 1.165) is 6.07 Å². The number of rotatable bonds is 5. The Morgan fingerprint density at radius 1 is 1.31 bits per heavy atom. The second-order valence-electron chi connectivity index (χ2n) is 5.95. The van der Waals surface area contributed by atoms with Crippen LogP contribution in [0.5, 0.6) is 10.8 Å². The molecule has 0 saturated carbocycles. The summed E-state index contributed by atoms with van der Waals surface area (Å²) in [6.07, 6.45) is -5.28. The quantitative estimate of drug-likeness (QED) is 0.602. The molecule has 6 nitrogen and oxygen atoms in total. The van der Waals surface area contributed by atoms with E-state index in [4.69, 9.17) is 16.3 Å². The van der Waals surface area contributed by atoms with Gasteiger partial charge in [-0.25, -0.2) is 0 Å². The van der Waals surface area contributed by atoms with Crippen molar-refractivity contribution >= 4 is 45.7 Å². The topological polar surface area (TPSA) is 77.8 Å². The number of methoxy groups -OCH3 is 1. The Balaban J connectivity index is 2.16. The third-order valence-corrected chi connectivity index (χ3v) is 5.37. The number of benzene rings is 1. The van der Waals surface area contributed by atoms with Crippen LogP contribution in [0.4, 0.5) is 13.2 Å². The lowest BCUT2D eigenvalue weighted by atomic mass is 10.1. The van der Waals surface area contributed by atoms with Crippen molar-refractivity contribution < 1.29 is 37.3 Å². The SMILES string of the molecule is COc1ccc2c(c1Cl)c(CC(=O)O)c(C)n2C(=O)c1csc(OC(F)(F)F)c1. The fraction of sp³-hybridized carbons (Fsp3) is 0.222. The van der Waals surface area contributed by atoms with Gasteiger partial charge in [-0.1, -0.05) is 11.6 Å². The van der Waals surface area contributed by atoms with E-state index < -0.39 is 29.7 Å². The highest BCUT2D eigenvalue weighted by molar-refractivity contribution is 7.12. The normalized spacial score (nSPS) is 11.7. The van der Waals surface area contributed by atoms with Crippen LogP contribution in [0.1, 0.15) is 21.6 Å². The molecule has 0 saturated heterocycles. The summed E-state index contributed by atoms with van der Waals surface area (Å²) in [5.41, 5.74) is 0.904. The van der Waals surface area contributed by atoms with Gasteiger partial charge in [0.15, 0.2) is 5.06 Å². The van der Waals surface area contributed by atoms with Crippen molar-refractivity contribution in [1.29, 1.82) is 0 Å². The molecule has 0 spiro atoms. The van der Waals surface area contributed by atoms with E-state index in [2.05, 4.69) is 4.74 Å². The van der Waals surface area contributed by atoms with Crippen LogP contribution in [0, 0.1) is 6.92 Å². The molecule has 0 aliphatic heterocycles. The highest BCUT2D eigenvalue weighted by atomic mass is 35.5. The summed E-state index contributed by atoms with van der Waals surface area (Å²) in [7, 11) is 1.40. The number of fused-ring (bicyclic) bond motifs is 1. The minimum Gasteiger partial charge on any atom is -0.495 e. The van der Waals surface area contributed by atoms with Crippen molar-refractivity contribution in [3.05, 3.63) is 45.4 Å². The van der Waals surface area contributed by atoms with Gasteiger partial charge in [-0.2, -0.15) is 0 Å². The van der Waals surface area contributed by atoms with Crippen LogP contribution in [0.25, 0.3) is 10.9 Å². The van der Waals surface area contributed by atoms with Crippen molar-refractivity contribution in [1.82, 2.24) is 4.57 Å². The number of carboxylic acid groups (broad SMARTS) is 1. The second kappa shape index (κ2) is 7.60. The van der Waals surface area contributed by atoms with Gasteiger partial charge in [-0.05, 0) is 24.6 Å². The number of thiophene rings is 1. The summed E-state index contributed by atoms with van der Waals surface area (Å²) >= 11 is 6.98. The molecular formula is C18H13ClF3NO5S. The molecule has 3 aromatic rings. The summed E-state index contributed by atoms with van der Waals surface area (Å²) in [4.78, 5) is 24.4. The number of carbonyl (C=O) groups excluding carboxylic acids is 1. The summed E-state index contributed by atoms with van der Waals surface area (Å²) in [6.45, 7) is 1.54. The van der Waals surface area contributed by atoms with Gasteiger partial charge in [0.25, 0.3) is 5.91 Å². The molecule has 154 valence electrons. The molecule has 2 aromatic heterocycles. The van der Waals surface area contributed by atoms with Gasteiger partial charge >= 0.3 is 12.3 Å². The van der Waals surface area contributed by atoms with Gasteiger partial charge in [0.1, 0.15) is 5.75 Å². The molecular weight excluding hydrogens is 435 g/mol. The maximum Gasteiger partial charge on any atom is 0.573 e. The average molecular weight is 448 g/mol. The molecule has 1 N–H and O–H groups in total. The van der Waals surface area contributed by atoms with Crippen molar-refractivity contribution in [2.75, 3.05) is 7.11 Å². The van der Waals surface area contributed by atoms with E-state index in [1.807, 2.05) is 0 Å². The molecule has 2 heterocycles. The fourth-order valence-corrected chi connectivity index (χ4v) is 4.13. The minimum absolute atomic E-state index is 0.0388. The van der Waals surface area contributed by atoms with Crippen molar-refractivity contribution in [2.24, 2.45) is 0 Å². The highest BCUT2D eigenvalue weighted by Crippen LogP contribution is 2.39. The first kappa shape index (κ1) is 21.0. The van der Waals surface area contributed by atoms with E-state index in [0.29, 0.717) is 39.2 Å². The third kappa shape index (κ3) is 4.03. The molecule has 0 bridgehead atoms. The second-order valence-corrected chi connectivity index (χ2v) is 7.20. The smallest absolute Gasteiger partial charge is 0.495 e. The largest absolute Gasteiger partial charge is 0.573 e. The zero-order valence-corrected chi connectivity index (χ0v) is 16.5. The lowest BCUT2D eigenvalue weighted by molar-refractivity contribution is -0.273. The van der Waals surface area contributed by atoms with E-state index in [1.54, 1.807) is 6.92 Å². The number of carbonyl (C=O) groups is 2. The standard InChI is InChI=1S/C18H13ClF3NO5S/c1-8-10(6-13(24)25)15-11(3-4-12(27-2)16(15)19)23(8)17(26)9-5-14(29-7-9)28-18(20,21)22/h3-5,7H,6H2,1-2H3,(H,24,25). The van der Waals surface area contributed by atoms with Crippen LogP contribution < -0.4 is 9.47 Å². The van der Waals surface area contributed by atoms with Crippen LogP contribution in [0.3, 0.4) is 0 Å². The van der Waals surface area contributed by atoms with E-state index >= 15 is 0 Å². The summed E-state index contributed by atoms with van der Waals surface area (Å²) in [5, 5.41) is 10.5. The van der Waals surface area contributed by atoms with Crippen molar-refractivity contribution in [3.63, 3.8) is 0 Å². The van der Waals surface area contributed by atoms with Gasteiger partial charge in [0.05, 0.1) is 29.6 Å². The first-order chi connectivity index (χ1) is 13.5. The predicted octanol–water partition coefficient (Wildman–Crippen LogP) is 4.89. The maximum atomic E-state index is 13.0. The van der Waals surface area contributed by atoms with Crippen molar-refractivity contribution in [3.8, 4) is 10.8 Å². The van der Waals surface area contributed by atoms with Crippen LogP contribution in [-0.4, -0.2) is 35.0 Å². The number of hydrogen-bond acceptors (Lipinski definition) is 5. The lowest BCUT2D eigenvalue weighted by Crippen LogP contribution is -2.16. The van der Waals surface area contributed by atoms with E-state index in [9.17, 15) is 27.9 Å². The van der Waals surface area contributed by atoms with Gasteiger partial charge in [0, 0.05) is 22.5 Å². The van der Waals surface area contributed by atoms with Crippen LogP contribution in [-0.2, 0) is 11.2 Å². The number of aromatic nitrogens is 1. The molecule has 0 aliphatic rings. The Kier molecular flexibility index (Phi) is 5.50. The van der Waals surface area contributed by atoms with Crippen LogP contribution in [0.2, 0.25) is 5.02 Å². The molecule has 11 heteroatoms. The van der Waals surface area contributed by atoms with Crippen molar-refractivity contribution in [2.45, 2.75) is 19.7 Å². The Bertz CT molecular complexity index is 1120. The van der Waals surface area contributed by atoms with Gasteiger partial charge in [0.2, 0.25) is 0 Å². The molecule has 0 fully saturated rings. The molecule has 0 aliphatic carbocycles. The van der Waals surface area contributed by atoms with Crippen LogP contribution in [0.15, 0.2) is 23.6 Å². The Morgan fingerprint density at radius 3 is 2.59 bits per heavy atom. The number of carboxylic acids is 1. The summed E-state index contributed by atoms with van der Waals surface area (Å²) < 4.78 is 47.4. The number of nitrogens with zero attached hydrogens (tertiary/aromatic N) is 1. The molecule has 1 aromatic carbocycles. The first-order valence-corrected chi connectivity index (χ1v) is 9.26. The number of ether oxygens (including phenoxy) is 2. The lowest BCUT2D eigenvalue weighted by Gasteiger charge is -2.07. The molecule has 0 radical (unpaired) electrons. The zero-order chi connectivity index (χ0) is 21.5. The van der Waals surface area contributed by atoms with Crippen LogP contribution >= 0.6 is 22.9 Å². The number of aliphatic carboxylic acids is 1. The molecule has 29 heavy (non-hydrogen) atoms. The summed E-state index contributed by atoms with van der Waals surface area (Å²) in [5.74, 6) is -1.47. The molecule has 0 atom stereocenters. The summed E-state index contributed by atoms with van der Waals surface area (Å²) in [6, 6.07) is 4.04. The number of halogens is 4. The molecule has 0 unspecified atom stereocenters. The predicted molar refractivity (Wildman–Crippen MR) is 100 cm³/mol. The maximum absolute atomic E-state index is 13.0. The van der Waals surface area contributed by atoms with Gasteiger partial charge in [-0.3, -0.25) is 14.2 Å². The first-order valence-electron chi connectivity index (χ1n) is 8.00.